The van der Waals surface area contributed by atoms with Gasteiger partial charge in [-0.2, -0.15) is 0 Å². The van der Waals surface area contributed by atoms with Crippen molar-refractivity contribution in [1.29, 1.82) is 0 Å². The Morgan fingerprint density at radius 2 is 2.04 bits per heavy atom. The van der Waals surface area contributed by atoms with E-state index >= 15 is 0 Å². The number of hydrogen-bond donors (Lipinski definition) is 1. The van der Waals surface area contributed by atoms with Crippen molar-refractivity contribution >= 4 is 29.1 Å². The Morgan fingerprint density at radius 3 is 2.80 bits per heavy atom. The Kier molecular flexibility index (Phi) is 3.04. The summed E-state index contributed by atoms with van der Waals surface area (Å²) in [5.41, 5.74) is 4.68. The number of anilines is 2. The predicted octanol–water partition coefficient (Wildman–Crippen LogP) is 2.69. The minimum atomic E-state index is -0.532. The molecule has 5 rings (SSSR count). The molecule has 5 heteroatoms. The molecule has 124 valence electrons. The molecule has 4 heterocycles. The number of allylic oxidation sites excluding steroid dienone is 1. The van der Waals surface area contributed by atoms with Gasteiger partial charge in [-0.1, -0.05) is 18.2 Å². The molecule has 3 aliphatic heterocycles. The van der Waals surface area contributed by atoms with Gasteiger partial charge < -0.3 is 10.2 Å². The van der Waals surface area contributed by atoms with Crippen LogP contribution in [0.4, 0.5) is 11.4 Å². The number of nitrogens with one attached hydrogen (secondary N) is 1. The molecule has 0 radical (unpaired) electrons. The van der Waals surface area contributed by atoms with Crippen molar-refractivity contribution in [2.75, 3.05) is 23.3 Å². The Bertz CT molecular complexity index is 889. The largest absolute Gasteiger partial charge is 0.369 e. The number of rotatable bonds is 2. The smallest absolute Gasteiger partial charge is 0.253 e. The molecule has 1 aromatic carbocycles. The average molecular weight is 330 g/mol. The Balaban J connectivity index is 1.40. The molecule has 0 aliphatic carbocycles. The van der Waals surface area contributed by atoms with Gasteiger partial charge in [-0.3, -0.25) is 14.8 Å². The van der Waals surface area contributed by atoms with E-state index in [2.05, 4.69) is 33.5 Å². The fourth-order valence-electron chi connectivity index (χ4n) is 3.96. The molecule has 1 atom stereocenters. The number of fused-ring (bicyclic) bond motifs is 1. The number of carbonyl (C=O) groups is 1. The highest BCUT2D eigenvalue weighted by atomic mass is 16.2. The summed E-state index contributed by atoms with van der Waals surface area (Å²) < 4.78 is 0. The Morgan fingerprint density at radius 1 is 1.16 bits per heavy atom. The van der Waals surface area contributed by atoms with Gasteiger partial charge in [-0.15, -0.1) is 0 Å². The summed E-state index contributed by atoms with van der Waals surface area (Å²) in [6, 6.07) is 12.1. The van der Waals surface area contributed by atoms with Crippen molar-refractivity contribution in [2.24, 2.45) is 4.99 Å². The lowest BCUT2D eigenvalue weighted by atomic mass is 9.95. The second-order valence-corrected chi connectivity index (χ2v) is 6.79. The number of nitrogens with zero attached hydrogens (tertiary/aromatic N) is 3. The molecule has 2 aromatic rings. The second kappa shape index (κ2) is 5.28. The van der Waals surface area contributed by atoms with E-state index in [1.807, 2.05) is 35.4 Å². The number of aromatic nitrogens is 1. The molecule has 3 aliphatic rings. The van der Waals surface area contributed by atoms with Crippen molar-refractivity contribution in [1.82, 2.24) is 4.98 Å². The summed E-state index contributed by atoms with van der Waals surface area (Å²) in [6.45, 7) is 1.48. The maximum Gasteiger partial charge on any atom is 0.253 e. The third kappa shape index (κ3) is 2.19. The van der Waals surface area contributed by atoms with Gasteiger partial charge in [0.1, 0.15) is 5.54 Å². The molecular formula is C20H18N4O. The minimum Gasteiger partial charge on any atom is -0.369 e. The zero-order valence-corrected chi connectivity index (χ0v) is 13.8. The standard InChI is InChI=1S/C20H18N4O/c25-19-20(12-18-17(23-20)2-1-9-22-18)8-11-24(19)16-5-3-14(4-6-16)15-7-10-21-13-15/h1-7,9,13,23H,8,10-12H2. The van der Waals surface area contributed by atoms with Crippen LogP contribution < -0.4 is 10.2 Å². The number of benzene rings is 1. The Hall–Kier alpha value is -2.95. The number of aliphatic imine (C=N–C) groups is 1. The van der Waals surface area contributed by atoms with Crippen molar-refractivity contribution in [3.63, 3.8) is 0 Å². The Labute approximate surface area is 146 Å². The van der Waals surface area contributed by atoms with Gasteiger partial charge in [0.05, 0.1) is 17.9 Å². The first-order valence-corrected chi connectivity index (χ1v) is 8.60. The highest BCUT2D eigenvalue weighted by molar-refractivity contribution is 6.11. The normalized spacial score (nSPS) is 23.9. The van der Waals surface area contributed by atoms with Gasteiger partial charge in [-0.25, -0.2) is 0 Å². The van der Waals surface area contributed by atoms with E-state index in [1.165, 1.54) is 0 Å². The summed E-state index contributed by atoms with van der Waals surface area (Å²) in [7, 11) is 0. The summed E-state index contributed by atoms with van der Waals surface area (Å²) >= 11 is 0. The van der Waals surface area contributed by atoms with Crippen LogP contribution in [0.1, 0.15) is 17.7 Å². The van der Waals surface area contributed by atoms with E-state index in [0.29, 0.717) is 6.42 Å². The monoisotopic (exact) mass is 330 g/mol. The van der Waals surface area contributed by atoms with Crippen LogP contribution in [0.2, 0.25) is 0 Å². The van der Waals surface area contributed by atoms with Crippen molar-refractivity contribution < 1.29 is 4.79 Å². The third-order valence-corrected chi connectivity index (χ3v) is 5.31. The maximum absolute atomic E-state index is 13.1. The summed E-state index contributed by atoms with van der Waals surface area (Å²) in [5.74, 6) is 0.139. The van der Waals surface area contributed by atoms with Gasteiger partial charge in [0, 0.05) is 31.1 Å². The van der Waals surface area contributed by atoms with E-state index < -0.39 is 5.54 Å². The second-order valence-electron chi connectivity index (χ2n) is 6.79. The van der Waals surface area contributed by atoms with Crippen molar-refractivity contribution in [3.05, 3.63) is 59.9 Å². The van der Waals surface area contributed by atoms with Crippen molar-refractivity contribution in [3.8, 4) is 0 Å². The summed E-state index contributed by atoms with van der Waals surface area (Å²) in [4.78, 5) is 23.7. The first-order valence-electron chi connectivity index (χ1n) is 8.60. The van der Waals surface area contributed by atoms with Crippen LogP contribution in [-0.2, 0) is 11.2 Å². The van der Waals surface area contributed by atoms with E-state index in [4.69, 9.17) is 0 Å². The lowest BCUT2D eigenvalue weighted by Gasteiger charge is -2.23. The number of amides is 1. The van der Waals surface area contributed by atoms with Gasteiger partial charge >= 0.3 is 0 Å². The van der Waals surface area contributed by atoms with E-state index in [0.717, 1.165) is 47.7 Å². The molecule has 1 N–H and O–H groups in total. The molecule has 1 saturated heterocycles. The van der Waals surface area contributed by atoms with Gasteiger partial charge in [0.2, 0.25) is 0 Å². The molecule has 1 aromatic heterocycles. The van der Waals surface area contributed by atoms with Gasteiger partial charge in [-0.05, 0) is 41.8 Å². The van der Waals surface area contributed by atoms with Crippen LogP contribution in [-0.4, -0.2) is 35.7 Å². The minimum absolute atomic E-state index is 0.139. The zero-order valence-electron chi connectivity index (χ0n) is 13.8. The molecule has 1 unspecified atom stereocenters. The molecule has 0 saturated carbocycles. The SMILES string of the molecule is O=C1N(c2ccc(C3=CCN=C3)cc2)CCC12Cc1ncccc1N2. The predicted molar refractivity (Wildman–Crippen MR) is 99.0 cm³/mol. The average Bonchev–Trinajstić information content (AvgIpc) is 3.36. The molecule has 0 bridgehead atoms. The fraction of sp³-hybridized carbons (Fsp3) is 0.250. The van der Waals surface area contributed by atoms with Crippen LogP contribution in [0.5, 0.6) is 0 Å². The van der Waals surface area contributed by atoms with E-state index in [-0.39, 0.29) is 5.91 Å². The molecule has 1 spiro atoms. The maximum atomic E-state index is 13.1. The lowest BCUT2D eigenvalue weighted by molar-refractivity contribution is -0.120. The lowest BCUT2D eigenvalue weighted by Crippen LogP contribution is -2.45. The van der Waals surface area contributed by atoms with Crippen LogP contribution in [0, 0.1) is 0 Å². The molecule has 1 fully saturated rings. The summed E-state index contributed by atoms with van der Waals surface area (Å²) in [5, 5.41) is 3.44. The first-order chi connectivity index (χ1) is 12.3. The number of carbonyl (C=O) groups excluding carboxylic acids is 1. The summed E-state index contributed by atoms with van der Waals surface area (Å²) in [6.07, 6.45) is 7.26. The van der Waals surface area contributed by atoms with E-state index in [1.54, 1.807) is 6.20 Å². The molecule has 5 nitrogen and oxygen atoms in total. The zero-order chi connectivity index (χ0) is 16.9. The highest BCUT2D eigenvalue weighted by Gasteiger charge is 2.51. The van der Waals surface area contributed by atoms with Crippen LogP contribution in [0.25, 0.3) is 5.57 Å². The van der Waals surface area contributed by atoms with Gasteiger partial charge in [0.25, 0.3) is 5.91 Å². The first kappa shape index (κ1) is 14.4. The quantitative estimate of drug-likeness (QED) is 0.921. The van der Waals surface area contributed by atoms with Crippen molar-refractivity contribution in [2.45, 2.75) is 18.4 Å². The third-order valence-electron chi connectivity index (χ3n) is 5.31. The van der Waals surface area contributed by atoms with Crippen LogP contribution in [0.15, 0.2) is 53.7 Å². The van der Waals surface area contributed by atoms with Crippen LogP contribution in [0.3, 0.4) is 0 Å². The fourth-order valence-corrected chi connectivity index (χ4v) is 3.96. The number of pyridine rings is 1. The topological polar surface area (TPSA) is 57.6 Å². The highest BCUT2D eigenvalue weighted by Crippen LogP contribution is 2.39. The van der Waals surface area contributed by atoms with Gasteiger partial charge in [0.15, 0.2) is 0 Å². The molecular weight excluding hydrogens is 312 g/mol. The molecule has 1 amide bonds. The van der Waals surface area contributed by atoms with E-state index in [9.17, 15) is 4.79 Å². The van der Waals surface area contributed by atoms with Crippen LogP contribution >= 0.6 is 0 Å². The number of hydrogen-bond acceptors (Lipinski definition) is 4. The molecule has 25 heavy (non-hydrogen) atoms.